The van der Waals surface area contributed by atoms with E-state index in [1.807, 2.05) is 37.3 Å². The zero-order valence-corrected chi connectivity index (χ0v) is 24.9. The first-order valence-corrected chi connectivity index (χ1v) is 16.4. The van der Waals surface area contributed by atoms with E-state index in [2.05, 4.69) is 35.0 Å². The number of rotatable bonds is 13. The number of nitrogens with zero attached hydrogens (tertiary/aromatic N) is 1. The second-order valence-corrected chi connectivity index (χ2v) is 13.3. The van der Waals surface area contributed by atoms with Crippen molar-refractivity contribution in [2.24, 2.45) is 0 Å². The Morgan fingerprint density at radius 3 is 2.52 bits per heavy atom. The van der Waals surface area contributed by atoms with Crippen molar-refractivity contribution in [2.75, 3.05) is 35.0 Å². The van der Waals surface area contributed by atoms with E-state index >= 15 is 0 Å². The van der Waals surface area contributed by atoms with Gasteiger partial charge in [-0.3, -0.25) is 9.10 Å². The molecule has 0 aliphatic carbocycles. The zero-order chi connectivity index (χ0) is 28.5. The Balaban J connectivity index is 1.52. The largest absolute Gasteiger partial charge is 0.390 e. The molecular weight excluding hydrogens is 544 g/mol. The first-order valence-electron chi connectivity index (χ1n) is 14.0. The van der Waals surface area contributed by atoms with E-state index in [0.717, 1.165) is 18.4 Å². The Bertz CT molecular complexity index is 1360. The fraction of sp³-hybridized carbons (Fsp3) is 0.433. The minimum Gasteiger partial charge on any atom is -0.390 e. The Kier molecular flexibility index (Phi) is 10.6. The molecule has 0 unspecified atom stereocenters. The van der Waals surface area contributed by atoms with Gasteiger partial charge in [-0.1, -0.05) is 37.3 Å². The molecule has 4 rings (SSSR count). The Morgan fingerprint density at radius 1 is 1.05 bits per heavy atom. The van der Waals surface area contributed by atoms with Crippen LogP contribution in [0, 0.1) is 0 Å². The minimum atomic E-state index is -3.44. The lowest BCUT2D eigenvalue weighted by molar-refractivity contribution is 0.0830. The minimum absolute atomic E-state index is 0.101. The maximum Gasteiger partial charge on any atom is 0.251 e. The van der Waals surface area contributed by atoms with Crippen LogP contribution in [0.15, 0.2) is 60.7 Å². The highest BCUT2D eigenvalue weighted by Gasteiger charge is 2.28. The standard InChI is InChI=1S/C30H40N4O4S2/c1-3-26-12-13-27(39-26)20-31-21-29(35)28(16-22-10-6-5-7-11-22)33-30(36)23-17-24(32-4-2)19-25(18-23)34-14-8-9-15-40(34,37)38/h5-7,10-13,17-19,28-29,31-32,35H,3-4,8-9,14-16,20-21H2,1-2H3,(H,33,36)/t28-,29+/m0/s1. The first kappa shape index (κ1) is 30.0. The quantitative estimate of drug-likeness (QED) is 0.240. The van der Waals surface area contributed by atoms with Gasteiger partial charge in [0.2, 0.25) is 10.0 Å². The monoisotopic (exact) mass is 584 g/mol. The number of aliphatic hydroxyl groups is 1. The molecule has 1 aliphatic rings. The van der Waals surface area contributed by atoms with E-state index in [4.69, 9.17) is 0 Å². The van der Waals surface area contributed by atoms with Crippen molar-refractivity contribution in [2.45, 2.75) is 58.2 Å². The predicted octanol–water partition coefficient (Wildman–Crippen LogP) is 4.16. The maximum absolute atomic E-state index is 13.6. The molecule has 0 bridgehead atoms. The highest BCUT2D eigenvalue weighted by atomic mass is 32.2. The lowest BCUT2D eigenvalue weighted by Gasteiger charge is -2.29. The Morgan fingerprint density at radius 2 is 1.82 bits per heavy atom. The van der Waals surface area contributed by atoms with Gasteiger partial charge in [0.1, 0.15) is 0 Å². The van der Waals surface area contributed by atoms with E-state index in [9.17, 15) is 18.3 Å². The van der Waals surface area contributed by atoms with Crippen LogP contribution >= 0.6 is 11.3 Å². The predicted molar refractivity (Wildman–Crippen MR) is 164 cm³/mol. The second-order valence-electron chi connectivity index (χ2n) is 10.1. The van der Waals surface area contributed by atoms with Gasteiger partial charge in [0.15, 0.2) is 0 Å². The maximum atomic E-state index is 13.6. The Labute approximate surface area is 241 Å². The molecule has 1 aliphatic heterocycles. The van der Waals surface area contributed by atoms with E-state index in [1.54, 1.807) is 29.5 Å². The molecule has 1 fully saturated rings. The van der Waals surface area contributed by atoms with E-state index in [1.165, 1.54) is 14.1 Å². The summed E-state index contributed by atoms with van der Waals surface area (Å²) >= 11 is 1.75. The normalized spacial score (nSPS) is 16.3. The molecule has 2 atom stereocenters. The van der Waals surface area contributed by atoms with Crippen molar-refractivity contribution in [3.8, 4) is 0 Å². The molecule has 0 spiro atoms. The van der Waals surface area contributed by atoms with Crippen molar-refractivity contribution in [1.29, 1.82) is 0 Å². The number of aryl methyl sites for hydroxylation is 1. The van der Waals surface area contributed by atoms with Crippen LogP contribution < -0.4 is 20.3 Å². The number of hydrogen-bond acceptors (Lipinski definition) is 7. The summed E-state index contributed by atoms with van der Waals surface area (Å²) in [6, 6.07) is 18.6. The summed E-state index contributed by atoms with van der Waals surface area (Å²) in [5, 5.41) is 20.8. The second kappa shape index (κ2) is 14.1. The van der Waals surface area contributed by atoms with Gasteiger partial charge < -0.3 is 21.1 Å². The van der Waals surface area contributed by atoms with Gasteiger partial charge in [-0.2, -0.15) is 0 Å². The highest BCUT2D eigenvalue weighted by Crippen LogP contribution is 2.28. The molecule has 2 aromatic carbocycles. The Hall–Kier alpha value is -2.92. The third kappa shape index (κ3) is 8.06. The lowest BCUT2D eigenvalue weighted by Crippen LogP contribution is -2.48. The van der Waals surface area contributed by atoms with Crippen LogP contribution in [0.1, 0.15) is 52.4 Å². The molecule has 1 saturated heterocycles. The molecular formula is C30H40N4O4S2. The summed E-state index contributed by atoms with van der Waals surface area (Å²) in [4.78, 5) is 16.1. The number of anilines is 2. The summed E-state index contributed by atoms with van der Waals surface area (Å²) in [5.41, 5.74) is 2.50. The number of sulfonamides is 1. The van der Waals surface area contributed by atoms with Crippen LogP contribution in [0.5, 0.6) is 0 Å². The molecule has 40 heavy (non-hydrogen) atoms. The smallest absolute Gasteiger partial charge is 0.251 e. The van der Waals surface area contributed by atoms with Crippen molar-refractivity contribution < 1.29 is 18.3 Å². The van der Waals surface area contributed by atoms with Gasteiger partial charge in [-0.05, 0) is 68.5 Å². The summed E-state index contributed by atoms with van der Waals surface area (Å²) in [7, 11) is -3.44. The summed E-state index contributed by atoms with van der Waals surface area (Å²) in [6.45, 7) is 6.05. The topological polar surface area (TPSA) is 111 Å². The molecule has 1 aromatic heterocycles. The highest BCUT2D eigenvalue weighted by molar-refractivity contribution is 7.92. The van der Waals surface area contributed by atoms with Gasteiger partial charge in [0.05, 0.1) is 23.6 Å². The summed E-state index contributed by atoms with van der Waals surface area (Å²) in [5.74, 6) is -0.259. The SMILES string of the molecule is CCNc1cc(C(=O)N[C@@H](Cc2ccccc2)[C@H](O)CNCc2ccc(CC)s2)cc(N2CCCCS2(=O)=O)c1. The molecule has 0 saturated carbocycles. The number of nitrogens with one attached hydrogen (secondary N) is 3. The average molecular weight is 585 g/mol. The van der Waals surface area contributed by atoms with Crippen molar-refractivity contribution in [3.05, 3.63) is 81.5 Å². The number of hydrogen-bond donors (Lipinski definition) is 4. The van der Waals surface area contributed by atoms with E-state index < -0.39 is 22.2 Å². The zero-order valence-electron chi connectivity index (χ0n) is 23.2. The van der Waals surface area contributed by atoms with Crippen molar-refractivity contribution in [3.63, 3.8) is 0 Å². The molecule has 8 nitrogen and oxygen atoms in total. The van der Waals surface area contributed by atoms with Crippen LogP contribution in [0.2, 0.25) is 0 Å². The molecule has 1 amide bonds. The fourth-order valence-electron chi connectivity index (χ4n) is 4.87. The van der Waals surface area contributed by atoms with Gasteiger partial charge in [-0.15, -0.1) is 11.3 Å². The molecule has 10 heteroatoms. The van der Waals surface area contributed by atoms with Crippen LogP contribution in [-0.2, 0) is 29.4 Å². The third-order valence-electron chi connectivity index (χ3n) is 7.00. The van der Waals surface area contributed by atoms with Crippen LogP contribution in [0.25, 0.3) is 0 Å². The molecule has 3 aromatic rings. The van der Waals surface area contributed by atoms with Crippen LogP contribution in [0.4, 0.5) is 11.4 Å². The molecule has 4 N–H and O–H groups in total. The number of thiophene rings is 1. The van der Waals surface area contributed by atoms with Gasteiger partial charge in [0.25, 0.3) is 5.91 Å². The molecule has 216 valence electrons. The fourth-order valence-corrected chi connectivity index (χ4v) is 7.42. The summed E-state index contributed by atoms with van der Waals surface area (Å²) < 4.78 is 27.0. The lowest BCUT2D eigenvalue weighted by atomic mass is 10.00. The number of benzene rings is 2. The molecule has 2 heterocycles. The number of aliphatic hydroxyl groups excluding tert-OH is 1. The van der Waals surface area contributed by atoms with Crippen LogP contribution in [0.3, 0.4) is 0 Å². The number of amides is 1. The molecule has 0 radical (unpaired) electrons. The van der Waals surface area contributed by atoms with Crippen molar-refractivity contribution >= 4 is 38.6 Å². The average Bonchev–Trinajstić information content (AvgIpc) is 3.41. The number of carbonyl (C=O) groups is 1. The number of carbonyl (C=O) groups excluding carboxylic acids is 1. The van der Waals surface area contributed by atoms with Gasteiger partial charge >= 0.3 is 0 Å². The van der Waals surface area contributed by atoms with Gasteiger partial charge in [-0.25, -0.2) is 8.42 Å². The van der Waals surface area contributed by atoms with Crippen LogP contribution in [-0.4, -0.2) is 57.0 Å². The third-order valence-corrected chi connectivity index (χ3v) is 10.1. The van der Waals surface area contributed by atoms with Crippen molar-refractivity contribution in [1.82, 2.24) is 10.6 Å². The van der Waals surface area contributed by atoms with Gasteiger partial charge in [0, 0.05) is 47.2 Å². The first-order chi connectivity index (χ1) is 19.3. The van der Waals surface area contributed by atoms with E-state index in [-0.39, 0.29) is 11.7 Å². The summed E-state index contributed by atoms with van der Waals surface area (Å²) in [6.07, 6.45) is 2.02. The van der Waals surface area contributed by atoms with E-state index in [0.29, 0.717) is 56.0 Å².